The van der Waals surface area contributed by atoms with Crippen molar-refractivity contribution < 1.29 is 14.4 Å². The lowest BCUT2D eigenvalue weighted by Crippen LogP contribution is -2.33. The van der Waals surface area contributed by atoms with Crippen molar-refractivity contribution in [2.45, 2.75) is 40.5 Å². The van der Waals surface area contributed by atoms with Gasteiger partial charge in [0.1, 0.15) is 5.01 Å². The van der Waals surface area contributed by atoms with Crippen molar-refractivity contribution in [1.82, 2.24) is 9.97 Å². The number of ketones is 1. The Kier molecular flexibility index (Phi) is 7.12. The Morgan fingerprint density at radius 3 is 2.48 bits per heavy atom. The van der Waals surface area contributed by atoms with Crippen molar-refractivity contribution in [3.05, 3.63) is 53.8 Å². The number of hydrogen-bond donors (Lipinski definition) is 0. The van der Waals surface area contributed by atoms with Crippen molar-refractivity contribution in [3.63, 3.8) is 0 Å². The maximum Gasteiger partial charge on any atom is 0.440 e. The zero-order valence-electron chi connectivity index (χ0n) is 18.2. The number of benzene rings is 1. The summed E-state index contributed by atoms with van der Waals surface area (Å²) in [6.45, 7) is 7.90. The molecule has 0 spiro atoms. The van der Waals surface area contributed by atoms with Crippen LogP contribution >= 0.6 is 11.3 Å². The molecule has 3 aromatic rings. The molecule has 0 saturated carbocycles. The van der Waals surface area contributed by atoms with E-state index in [1.165, 1.54) is 16.2 Å². The molecule has 0 aliphatic heterocycles. The Hall–Kier alpha value is -3.13. The summed E-state index contributed by atoms with van der Waals surface area (Å²) >= 11 is 1.34. The molecule has 2 heterocycles. The minimum absolute atomic E-state index is 0.0484. The molecule has 0 aliphatic rings. The van der Waals surface area contributed by atoms with Gasteiger partial charge in [-0.2, -0.15) is 0 Å². The molecule has 0 N–H and O–H groups in total. The van der Waals surface area contributed by atoms with E-state index in [1.54, 1.807) is 45.3 Å². The average Bonchev–Trinajstić information content (AvgIpc) is 3.18. The number of amides is 1. The van der Waals surface area contributed by atoms with Gasteiger partial charge in [0.25, 0.3) is 0 Å². The van der Waals surface area contributed by atoms with Crippen molar-refractivity contribution in [2.75, 3.05) is 11.4 Å². The highest BCUT2D eigenvalue weighted by molar-refractivity contribution is 7.21. The van der Waals surface area contributed by atoms with Gasteiger partial charge in [-0.3, -0.25) is 19.5 Å². The SMILES string of the molecule is CCCCN(C(=O)O/N=C(\C(=O)C(C)(C)C)c1nc2ccccc2s1)c1ccncc1. The zero-order chi connectivity index (χ0) is 22.4. The second-order valence-electron chi connectivity index (χ2n) is 8.07. The van der Waals surface area contributed by atoms with E-state index in [-0.39, 0.29) is 11.5 Å². The first-order valence-electron chi connectivity index (χ1n) is 10.2. The first-order valence-corrected chi connectivity index (χ1v) is 11.0. The summed E-state index contributed by atoms with van der Waals surface area (Å²) in [6, 6.07) is 11.1. The Morgan fingerprint density at radius 1 is 1.13 bits per heavy atom. The second-order valence-corrected chi connectivity index (χ2v) is 9.10. The maximum atomic E-state index is 13.1. The standard InChI is InChI=1S/C23H26N4O3S/c1-5-6-15-27(16-11-13-24-14-12-16)22(29)30-26-19(20(28)23(2,3)4)21-25-17-9-7-8-10-18(17)31-21/h7-14H,5-6,15H2,1-4H3/b26-19+. The monoisotopic (exact) mass is 438 g/mol. The molecule has 0 saturated heterocycles. The largest absolute Gasteiger partial charge is 0.440 e. The molecule has 3 rings (SSSR count). The van der Waals surface area contributed by atoms with Gasteiger partial charge in [0.15, 0.2) is 11.5 Å². The van der Waals surface area contributed by atoms with Crippen LogP contribution in [0.5, 0.6) is 0 Å². The van der Waals surface area contributed by atoms with Crippen LogP contribution in [-0.2, 0) is 9.63 Å². The van der Waals surface area contributed by atoms with Crippen LogP contribution in [0.4, 0.5) is 10.5 Å². The zero-order valence-corrected chi connectivity index (χ0v) is 19.0. The summed E-state index contributed by atoms with van der Waals surface area (Å²) in [5.74, 6) is -0.247. The quantitative estimate of drug-likeness (QED) is 0.278. The molecular weight excluding hydrogens is 412 g/mol. The van der Waals surface area contributed by atoms with E-state index in [0.717, 1.165) is 23.1 Å². The molecule has 0 radical (unpaired) electrons. The third-order valence-corrected chi connectivity index (χ3v) is 5.58. The Balaban J connectivity index is 1.93. The molecule has 8 heteroatoms. The molecule has 162 valence electrons. The predicted octanol–water partition coefficient (Wildman–Crippen LogP) is 5.45. The summed E-state index contributed by atoms with van der Waals surface area (Å²) in [7, 11) is 0. The number of oxime groups is 1. The Bertz CT molecular complexity index is 1050. The highest BCUT2D eigenvalue weighted by Crippen LogP contribution is 2.26. The van der Waals surface area contributed by atoms with Crippen LogP contribution in [0.1, 0.15) is 45.5 Å². The van der Waals surface area contributed by atoms with Crippen molar-refractivity contribution >= 4 is 44.8 Å². The van der Waals surface area contributed by atoms with Gasteiger partial charge >= 0.3 is 6.09 Å². The lowest BCUT2D eigenvalue weighted by atomic mass is 9.88. The van der Waals surface area contributed by atoms with Crippen LogP contribution in [0.2, 0.25) is 0 Å². The summed E-state index contributed by atoms with van der Waals surface area (Å²) in [5.41, 5.74) is 0.764. The number of Topliss-reactive ketones (excluding diaryl/α,β-unsaturated/α-hetero) is 1. The van der Waals surface area contributed by atoms with E-state index < -0.39 is 11.5 Å². The molecule has 0 fully saturated rings. The van der Waals surface area contributed by atoms with Gasteiger partial charge in [0.2, 0.25) is 0 Å². The minimum Gasteiger partial charge on any atom is -0.297 e. The fourth-order valence-corrected chi connectivity index (χ4v) is 3.75. The van der Waals surface area contributed by atoms with Gasteiger partial charge < -0.3 is 0 Å². The van der Waals surface area contributed by atoms with E-state index in [1.807, 2.05) is 31.2 Å². The van der Waals surface area contributed by atoms with Crippen LogP contribution in [0.3, 0.4) is 0 Å². The fourth-order valence-electron chi connectivity index (χ4n) is 2.81. The highest BCUT2D eigenvalue weighted by Gasteiger charge is 2.31. The lowest BCUT2D eigenvalue weighted by molar-refractivity contribution is -0.119. The van der Waals surface area contributed by atoms with Gasteiger partial charge in [0, 0.05) is 24.4 Å². The highest BCUT2D eigenvalue weighted by atomic mass is 32.1. The Morgan fingerprint density at radius 2 is 1.84 bits per heavy atom. The molecule has 0 bridgehead atoms. The summed E-state index contributed by atoms with van der Waals surface area (Å²) in [4.78, 5) is 41.3. The number of thiazole rings is 1. The number of unbranched alkanes of at least 4 members (excludes halogenated alkanes) is 1. The van der Waals surface area contributed by atoms with Gasteiger partial charge in [-0.05, 0) is 30.7 Å². The average molecular weight is 439 g/mol. The van der Waals surface area contributed by atoms with Crippen LogP contribution in [-0.4, -0.2) is 34.1 Å². The number of carbonyl (C=O) groups is 2. The van der Waals surface area contributed by atoms with Gasteiger partial charge in [-0.25, -0.2) is 9.78 Å². The van der Waals surface area contributed by atoms with Crippen LogP contribution in [0.15, 0.2) is 53.9 Å². The van der Waals surface area contributed by atoms with E-state index in [2.05, 4.69) is 15.1 Å². The molecule has 0 unspecified atom stereocenters. The molecule has 0 atom stereocenters. The van der Waals surface area contributed by atoms with Gasteiger partial charge in [-0.15, -0.1) is 11.3 Å². The van der Waals surface area contributed by atoms with Crippen LogP contribution < -0.4 is 4.90 Å². The summed E-state index contributed by atoms with van der Waals surface area (Å²) in [5, 5.41) is 4.45. The first-order chi connectivity index (χ1) is 14.8. The van der Waals surface area contributed by atoms with E-state index in [9.17, 15) is 9.59 Å². The molecule has 1 aromatic carbocycles. The molecule has 1 amide bonds. The van der Waals surface area contributed by atoms with Crippen LogP contribution in [0, 0.1) is 5.41 Å². The first kappa shape index (κ1) is 22.6. The lowest BCUT2D eigenvalue weighted by Gasteiger charge is -2.20. The second kappa shape index (κ2) is 9.78. The topological polar surface area (TPSA) is 84.8 Å². The predicted molar refractivity (Wildman–Crippen MR) is 124 cm³/mol. The Labute approximate surface area is 185 Å². The van der Waals surface area contributed by atoms with Crippen LogP contribution in [0.25, 0.3) is 10.2 Å². The van der Waals surface area contributed by atoms with E-state index >= 15 is 0 Å². The summed E-state index contributed by atoms with van der Waals surface area (Å²) in [6.07, 6.45) is 4.28. The van der Waals surface area contributed by atoms with Gasteiger partial charge in [0.05, 0.1) is 15.9 Å². The van der Waals surface area contributed by atoms with E-state index in [0.29, 0.717) is 17.2 Å². The third kappa shape index (κ3) is 5.52. The normalized spacial score (nSPS) is 12.1. The van der Waals surface area contributed by atoms with Crippen molar-refractivity contribution in [3.8, 4) is 0 Å². The fraction of sp³-hybridized carbons (Fsp3) is 0.348. The van der Waals surface area contributed by atoms with Crippen molar-refractivity contribution in [2.24, 2.45) is 10.6 Å². The van der Waals surface area contributed by atoms with Crippen molar-refractivity contribution in [1.29, 1.82) is 0 Å². The van der Waals surface area contributed by atoms with Gasteiger partial charge in [-0.1, -0.05) is 51.4 Å². The summed E-state index contributed by atoms with van der Waals surface area (Å²) < 4.78 is 0.930. The molecule has 0 aliphatic carbocycles. The number of pyridine rings is 1. The number of nitrogens with zero attached hydrogens (tertiary/aromatic N) is 4. The smallest absolute Gasteiger partial charge is 0.297 e. The third-order valence-electron chi connectivity index (χ3n) is 4.54. The maximum absolute atomic E-state index is 13.1. The number of aromatic nitrogens is 2. The number of carbonyl (C=O) groups excluding carboxylic acids is 2. The number of anilines is 1. The molecule has 7 nitrogen and oxygen atoms in total. The number of hydrogen-bond acceptors (Lipinski definition) is 7. The molecule has 31 heavy (non-hydrogen) atoms. The number of fused-ring (bicyclic) bond motifs is 1. The molecular formula is C23H26N4O3S. The minimum atomic E-state index is -0.712. The number of rotatable bonds is 7. The molecule has 2 aromatic heterocycles. The number of para-hydroxylation sites is 1. The van der Waals surface area contributed by atoms with E-state index in [4.69, 9.17) is 4.84 Å².